The van der Waals surface area contributed by atoms with E-state index in [2.05, 4.69) is 6.07 Å². The van der Waals surface area contributed by atoms with Crippen LogP contribution < -0.4 is 5.73 Å². The number of esters is 1. The molecule has 3 rings (SSSR count). The summed E-state index contributed by atoms with van der Waals surface area (Å²) < 4.78 is 5.37. The van der Waals surface area contributed by atoms with Crippen molar-refractivity contribution in [2.75, 3.05) is 6.61 Å². The summed E-state index contributed by atoms with van der Waals surface area (Å²) in [5.41, 5.74) is 7.27. The molecule has 1 aromatic rings. The fourth-order valence-electron chi connectivity index (χ4n) is 5.11. The number of fused-ring (bicyclic) bond motifs is 1. The third kappa shape index (κ3) is 2.47. The summed E-state index contributed by atoms with van der Waals surface area (Å²) in [4.78, 5) is 13.0. The molecule has 1 aromatic carbocycles. The highest BCUT2D eigenvalue weighted by Crippen LogP contribution is 2.59. The lowest BCUT2D eigenvalue weighted by atomic mass is 9.57. The van der Waals surface area contributed by atoms with Crippen LogP contribution in [-0.2, 0) is 21.5 Å². The molecule has 1 fully saturated rings. The number of hydrogen-bond donors (Lipinski definition) is 2. The molecule has 2 aliphatic carbocycles. The number of ether oxygens (including phenoxy) is 1. The molecule has 3 N–H and O–H groups in total. The second-order valence-electron chi connectivity index (χ2n) is 7.82. The molecule has 5 nitrogen and oxygen atoms in total. The summed E-state index contributed by atoms with van der Waals surface area (Å²) >= 11 is 0. The first-order chi connectivity index (χ1) is 11.8. The second-order valence-corrected chi connectivity index (χ2v) is 7.82. The van der Waals surface area contributed by atoms with Crippen LogP contribution in [-0.4, -0.2) is 23.8 Å². The number of aliphatic hydroxyl groups is 1. The average Bonchev–Trinajstić information content (AvgIpc) is 2.82. The Morgan fingerprint density at radius 2 is 2.04 bits per heavy atom. The minimum atomic E-state index is -1.28. The van der Waals surface area contributed by atoms with E-state index in [1.165, 1.54) is 0 Å². The fraction of sp³-hybridized carbons (Fsp3) is 0.600. The molecule has 2 aliphatic rings. The normalized spacial score (nSPS) is 36.7. The number of nitrogens with two attached hydrogens (primary N) is 1. The highest BCUT2D eigenvalue weighted by molar-refractivity contribution is 5.86. The number of nitrogens with zero attached hydrogens (tertiary/aromatic N) is 1. The Balaban J connectivity index is 2.16. The average molecular weight is 342 g/mol. The van der Waals surface area contributed by atoms with Crippen molar-refractivity contribution >= 4 is 5.97 Å². The Hall–Kier alpha value is -1.90. The summed E-state index contributed by atoms with van der Waals surface area (Å²) in [5, 5.41) is 19.7. The molecule has 5 heteroatoms. The number of carbonyl (C=O) groups is 1. The number of nitriles is 1. The van der Waals surface area contributed by atoms with Crippen molar-refractivity contribution in [1.82, 2.24) is 0 Å². The molecule has 0 aromatic heterocycles. The van der Waals surface area contributed by atoms with E-state index in [1.807, 2.05) is 19.9 Å². The predicted octanol–water partition coefficient (Wildman–Crippen LogP) is 2.24. The Morgan fingerprint density at radius 3 is 2.60 bits per heavy atom. The van der Waals surface area contributed by atoms with E-state index in [1.54, 1.807) is 19.1 Å². The van der Waals surface area contributed by atoms with Crippen LogP contribution in [0.4, 0.5) is 0 Å². The van der Waals surface area contributed by atoms with Gasteiger partial charge in [0.05, 0.1) is 24.3 Å². The van der Waals surface area contributed by atoms with Gasteiger partial charge in [0.15, 0.2) is 0 Å². The maximum absolute atomic E-state index is 13.0. The van der Waals surface area contributed by atoms with Gasteiger partial charge >= 0.3 is 5.97 Å². The number of hydrogen-bond acceptors (Lipinski definition) is 5. The van der Waals surface area contributed by atoms with Gasteiger partial charge in [-0.2, -0.15) is 5.26 Å². The molecular weight excluding hydrogens is 316 g/mol. The van der Waals surface area contributed by atoms with E-state index in [-0.39, 0.29) is 18.4 Å². The van der Waals surface area contributed by atoms with Crippen LogP contribution in [0.2, 0.25) is 0 Å². The summed E-state index contributed by atoms with van der Waals surface area (Å²) in [6.07, 6.45) is 1.59. The van der Waals surface area contributed by atoms with E-state index in [0.29, 0.717) is 30.4 Å². The third-order valence-electron chi connectivity index (χ3n) is 6.22. The van der Waals surface area contributed by atoms with Gasteiger partial charge in [0.2, 0.25) is 0 Å². The lowest BCUT2D eigenvalue weighted by Crippen LogP contribution is -2.60. The first-order valence-corrected chi connectivity index (χ1v) is 8.96. The zero-order valence-corrected chi connectivity index (χ0v) is 15.1. The molecule has 5 atom stereocenters. The first-order valence-electron chi connectivity index (χ1n) is 8.96. The smallest absolute Gasteiger partial charge is 0.331 e. The Kier molecular flexibility index (Phi) is 4.38. The Morgan fingerprint density at radius 1 is 1.40 bits per heavy atom. The molecular formula is C20H26N2O3. The van der Waals surface area contributed by atoms with Crippen molar-refractivity contribution in [1.29, 1.82) is 5.26 Å². The molecule has 0 amide bonds. The van der Waals surface area contributed by atoms with E-state index >= 15 is 0 Å². The molecule has 0 unspecified atom stereocenters. The van der Waals surface area contributed by atoms with Crippen LogP contribution >= 0.6 is 0 Å². The lowest BCUT2D eigenvalue weighted by Gasteiger charge is -2.50. The second kappa shape index (κ2) is 6.12. The van der Waals surface area contributed by atoms with Gasteiger partial charge in [-0.15, -0.1) is 0 Å². The maximum atomic E-state index is 13.0. The summed E-state index contributed by atoms with van der Waals surface area (Å²) in [6, 6.07) is 7.55. The minimum absolute atomic E-state index is 0.0471. The number of carbonyl (C=O) groups excluding carboxylic acids is 1. The van der Waals surface area contributed by atoms with Gasteiger partial charge < -0.3 is 15.6 Å². The molecule has 25 heavy (non-hydrogen) atoms. The van der Waals surface area contributed by atoms with Crippen LogP contribution in [0.25, 0.3) is 0 Å². The molecule has 0 radical (unpaired) electrons. The number of benzene rings is 1. The largest absolute Gasteiger partial charge is 0.464 e. The molecule has 0 bridgehead atoms. The van der Waals surface area contributed by atoms with Gasteiger partial charge in [0, 0.05) is 5.41 Å². The van der Waals surface area contributed by atoms with Crippen molar-refractivity contribution in [3.8, 4) is 6.07 Å². The van der Waals surface area contributed by atoms with Crippen LogP contribution in [0.3, 0.4) is 0 Å². The third-order valence-corrected chi connectivity index (χ3v) is 6.22. The zero-order valence-electron chi connectivity index (χ0n) is 15.1. The number of aliphatic hydroxyl groups excluding tert-OH is 1. The molecule has 0 saturated heterocycles. The number of rotatable bonds is 2. The fourth-order valence-corrected chi connectivity index (χ4v) is 5.11. The quantitative estimate of drug-likeness (QED) is 0.804. The van der Waals surface area contributed by atoms with Gasteiger partial charge in [0.25, 0.3) is 0 Å². The zero-order chi connectivity index (χ0) is 18.4. The van der Waals surface area contributed by atoms with Crippen molar-refractivity contribution in [2.24, 2.45) is 23.0 Å². The SMILES string of the molecule is CCOC(=O)[C@]1(N)c2cc(C#N)ccc2C[C@@]12C[C@@H](C)[C@H](O)[C@@H](C)C2. The highest BCUT2D eigenvalue weighted by atomic mass is 16.5. The van der Waals surface area contributed by atoms with Gasteiger partial charge in [-0.3, -0.25) is 0 Å². The molecule has 0 heterocycles. The van der Waals surface area contributed by atoms with Gasteiger partial charge in [-0.1, -0.05) is 19.9 Å². The van der Waals surface area contributed by atoms with Crippen LogP contribution in [0.15, 0.2) is 18.2 Å². The van der Waals surface area contributed by atoms with Crippen molar-refractivity contribution in [3.63, 3.8) is 0 Å². The first kappa shape index (κ1) is 17.9. The van der Waals surface area contributed by atoms with Crippen LogP contribution in [0.1, 0.15) is 50.3 Å². The molecule has 1 spiro atoms. The molecule has 134 valence electrons. The predicted molar refractivity (Wildman–Crippen MR) is 93.4 cm³/mol. The van der Waals surface area contributed by atoms with Crippen LogP contribution in [0.5, 0.6) is 0 Å². The lowest BCUT2D eigenvalue weighted by molar-refractivity contribution is -0.160. The van der Waals surface area contributed by atoms with Crippen molar-refractivity contribution in [3.05, 3.63) is 34.9 Å². The molecule has 0 aliphatic heterocycles. The Labute approximate surface area is 148 Å². The highest BCUT2D eigenvalue weighted by Gasteiger charge is 2.63. The molecule has 1 saturated carbocycles. The van der Waals surface area contributed by atoms with Gasteiger partial charge in [-0.05, 0) is 61.3 Å². The maximum Gasteiger partial charge on any atom is 0.331 e. The van der Waals surface area contributed by atoms with E-state index in [0.717, 1.165) is 5.56 Å². The van der Waals surface area contributed by atoms with E-state index < -0.39 is 23.0 Å². The summed E-state index contributed by atoms with van der Waals surface area (Å²) in [5.74, 6) is -0.337. The van der Waals surface area contributed by atoms with Gasteiger partial charge in [0.1, 0.15) is 5.54 Å². The minimum Gasteiger partial charge on any atom is -0.464 e. The summed E-state index contributed by atoms with van der Waals surface area (Å²) in [7, 11) is 0. The van der Waals surface area contributed by atoms with E-state index in [4.69, 9.17) is 10.5 Å². The topological polar surface area (TPSA) is 96.3 Å². The Bertz CT molecular complexity index is 727. The van der Waals surface area contributed by atoms with Gasteiger partial charge in [-0.25, -0.2) is 4.79 Å². The van der Waals surface area contributed by atoms with E-state index in [9.17, 15) is 15.2 Å². The summed E-state index contributed by atoms with van der Waals surface area (Å²) in [6.45, 7) is 6.05. The monoisotopic (exact) mass is 342 g/mol. The van der Waals surface area contributed by atoms with Crippen molar-refractivity contribution in [2.45, 2.75) is 51.7 Å². The van der Waals surface area contributed by atoms with Crippen molar-refractivity contribution < 1.29 is 14.6 Å². The standard InChI is InChI=1S/C20H26N2O3/c1-4-25-18(24)20(22)16-7-14(11-21)5-6-15(16)10-19(20)8-12(2)17(23)13(3)9-19/h5-7,12-13,17,23H,4,8-10,22H2,1-3H3/t12-,13+,17+,19+,20-/m1/s1. The van der Waals surface area contributed by atoms with Crippen LogP contribution in [0, 0.1) is 28.6 Å².